The zero-order valence-electron chi connectivity index (χ0n) is 22.0. The first kappa shape index (κ1) is 25.8. The summed E-state index contributed by atoms with van der Waals surface area (Å²) in [6.45, 7) is 12.6. The molecular weight excluding hydrogens is 452 g/mol. The average molecular weight is 493 g/mol. The van der Waals surface area contributed by atoms with Crippen molar-refractivity contribution in [1.82, 2.24) is 9.80 Å². The average Bonchev–Trinajstić information content (AvgIpc) is 2.88. The molecule has 2 fully saturated rings. The molecule has 2 aliphatic rings. The van der Waals surface area contributed by atoms with E-state index in [2.05, 4.69) is 49.9 Å². The van der Waals surface area contributed by atoms with Gasteiger partial charge in [-0.2, -0.15) is 0 Å². The number of para-hydroxylation sites is 1. The van der Waals surface area contributed by atoms with Crippen LogP contribution in [-0.2, 0) is 0 Å². The van der Waals surface area contributed by atoms with Gasteiger partial charge in [0.1, 0.15) is 5.75 Å². The summed E-state index contributed by atoms with van der Waals surface area (Å²) in [5, 5.41) is 0.611. The molecule has 35 heavy (non-hydrogen) atoms. The number of benzene rings is 2. The zero-order chi connectivity index (χ0) is 24.9. The summed E-state index contributed by atoms with van der Waals surface area (Å²) in [6, 6.07) is 15.5. The zero-order valence-corrected chi connectivity index (χ0v) is 22.8. The minimum atomic E-state index is 0.0984. The highest BCUT2D eigenvalue weighted by Crippen LogP contribution is 2.31. The lowest BCUT2D eigenvalue weighted by atomic mass is 9.92. The van der Waals surface area contributed by atoms with E-state index in [0.717, 1.165) is 57.4 Å². The van der Waals surface area contributed by atoms with Gasteiger partial charge < -0.3 is 9.64 Å². The number of nitrogens with zero attached hydrogens (tertiary/aromatic N) is 2. The summed E-state index contributed by atoms with van der Waals surface area (Å²) in [5.41, 5.74) is 6.11. The number of thioether (sulfide) groups is 1. The molecule has 0 unspecified atom stereocenters. The molecule has 0 spiro atoms. The van der Waals surface area contributed by atoms with Gasteiger partial charge in [-0.3, -0.25) is 9.69 Å². The Kier molecular flexibility index (Phi) is 8.61. The maximum Gasteiger partial charge on any atom is 0.257 e. The number of carbonyl (C=O) groups is 1. The van der Waals surface area contributed by atoms with Crippen LogP contribution in [0.2, 0.25) is 0 Å². The van der Waals surface area contributed by atoms with Crippen LogP contribution in [0.3, 0.4) is 0 Å². The fraction of sp³-hybridized carbons (Fsp3) is 0.500. The number of carbonyl (C=O) groups excluding carboxylic acids is 1. The number of amides is 1. The number of rotatable bonds is 6. The van der Waals surface area contributed by atoms with Gasteiger partial charge in [0.25, 0.3) is 5.91 Å². The minimum Gasteiger partial charge on any atom is -0.496 e. The van der Waals surface area contributed by atoms with Crippen molar-refractivity contribution in [3.63, 3.8) is 0 Å². The van der Waals surface area contributed by atoms with E-state index in [1.165, 1.54) is 16.0 Å². The van der Waals surface area contributed by atoms with E-state index < -0.39 is 0 Å². The summed E-state index contributed by atoms with van der Waals surface area (Å²) in [7, 11) is 1.65. The lowest BCUT2D eigenvalue weighted by molar-refractivity contribution is 0.0605. The molecule has 2 aromatic carbocycles. The van der Waals surface area contributed by atoms with Crippen molar-refractivity contribution >= 4 is 23.2 Å². The lowest BCUT2D eigenvalue weighted by Crippen LogP contribution is -2.48. The van der Waals surface area contributed by atoms with Gasteiger partial charge in [0.15, 0.2) is 0 Å². The van der Waals surface area contributed by atoms with Gasteiger partial charge in [0.05, 0.1) is 12.7 Å². The molecular formula is C30H40N2O2S. The molecule has 1 amide bonds. The van der Waals surface area contributed by atoms with Gasteiger partial charge in [-0.15, -0.1) is 11.8 Å². The summed E-state index contributed by atoms with van der Waals surface area (Å²) in [4.78, 5) is 19.2. The molecule has 4 rings (SSSR count). The number of allylic oxidation sites excluding steroid dienone is 1. The third-order valence-corrected chi connectivity index (χ3v) is 8.52. The van der Waals surface area contributed by atoms with Crippen molar-refractivity contribution in [2.75, 3.05) is 33.3 Å². The molecule has 0 atom stereocenters. The summed E-state index contributed by atoms with van der Waals surface area (Å²) in [6.07, 6.45) is 4.39. The highest BCUT2D eigenvalue weighted by atomic mass is 32.2. The monoisotopic (exact) mass is 492 g/mol. The second-order valence-corrected chi connectivity index (χ2v) is 11.8. The number of methoxy groups -OCH3 is 1. The SMILES string of the molecule is COc1c(C)cccc1C(=O)N1CCC(N2CCC(=C(C)c3ccc(SC(C)C)cc3)CC2)CC1. The van der Waals surface area contributed by atoms with E-state index in [1.54, 1.807) is 12.7 Å². The molecule has 2 saturated heterocycles. The Morgan fingerprint density at radius 2 is 1.66 bits per heavy atom. The third kappa shape index (κ3) is 6.13. The number of likely N-dealkylation sites (tertiary alicyclic amines) is 2. The Labute approximate surface area is 215 Å². The predicted molar refractivity (Wildman–Crippen MR) is 147 cm³/mol. The van der Waals surface area contributed by atoms with E-state index in [0.29, 0.717) is 22.6 Å². The molecule has 0 aromatic heterocycles. The molecule has 5 heteroatoms. The Morgan fingerprint density at radius 1 is 1.00 bits per heavy atom. The van der Waals surface area contributed by atoms with Crippen LogP contribution in [0, 0.1) is 6.92 Å². The van der Waals surface area contributed by atoms with Crippen molar-refractivity contribution < 1.29 is 9.53 Å². The van der Waals surface area contributed by atoms with Crippen LogP contribution in [0.1, 0.15) is 67.9 Å². The van der Waals surface area contributed by atoms with E-state index in [-0.39, 0.29) is 5.91 Å². The Bertz CT molecular complexity index is 1040. The minimum absolute atomic E-state index is 0.0984. The fourth-order valence-electron chi connectivity index (χ4n) is 5.49. The standard InChI is InChI=1S/C30H40N2O2S/c1-21(2)35-27-11-9-24(10-12-27)23(4)25-13-17-31(18-14-25)26-15-19-32(20-16-26)30(33)28-8-6-7-22(3)29(28)34-5/h6-12,21,26H,13-20H2,1-5H3. The maximum absolute atomic E-state index is 13.2. The summed E-state index contributed by atoms with van der Waals surface area (Å²) < 4.78 is 5.53. The Morgan fingerprint density at radius 3 is 2.26 bits per heavy atom. The van der Waals surface area contributed by atoms with E-state index in [9.17, 15) is 4.79 Å². The van der Waals surface area contributed by atoms with Gasteiger partial charge in [-0.05, 0) is 74.4 Å². The molecule has 0 radical (unpaired) electrons. The van der Waals surface area contributed by atoms with Crippen molar-refractivity contribution in [1.29, 1.82) is 0 Å². The fourth-order valence-corrected chi connectivity index (χ4v) is 6.33. The largest absolute Gasteiger partial charge is 0.496 e. The Balaban J connectivity index is 1.31. The van der Waals surface area contributed by atoms with E-state index in [4.69, 9.17) is 4.74 Å². The van der Waals surface area contributed by atoms with E-state index in [1.807, 2.05) is 41.8 Å². The first-order valence-corrected chi connectivity index (χ1v) is 13.9. The molecule has 2 aromatic rings. The smallest absolute Gasteiger partial charge is 0.257 e. The van der Waals surface area contributed by atoms with Gasteiger partial charge in [-0.1, -0.05) is 43.7 Å². The first-order chi connectivity index (χ1) is 16.9. The van der Waals surface area contributed by atoms with Crippen molar-refractivity contribution in [2.45, 2.75) is 69.6 Å². The topological polar surface area (TPSA) is 32.8 Å². The number of ether oxygens (including phenoxy) is 1. The predicted octanol–water partition coefficient (Wildman–Crippen LogP) is 6.68. The van der Waals surface area contributed by atoms with Crippen LogP contribution in [0.15, 0.2) is 52.9 Å². The van der Waals surface area contributed by atoms with Crippen LogP contribution in [0.4, 0.5) is 0 Å². The second-order valence-electron chi connectivity index (χ2n) is 10.1. The quantitative estimate of drug-likeness (QED) is 0.421. The highest BCUT2D eigenvalue weighted by molar-refractivity contribution is 7.99. The number of hydrogen-bond acceptors (Lipinski definition) is 4. The maximum atomic E-state index is 13.2. The number of aryl methyl sites for hydroxylation is 1. The van der Waals surface area contributed by atoms with Crippen LogP contribution < -0.4 is 4.74 Å². The Hall–Kier alpha value is -2.24. The van der Waals surface area contributed by atoms with Crippen molar-refractivity contribution in [2.24, 2.45) is 0 Å². The number of hydrogen-bond donors (Lipinski definition) is 0. The van der Waals surface area contributed by atoms with Gasteiger partial charge in [0, 0.05) is 42.4 Å². The number of piperidine rings is 2. The first-order valence-electron chi connectivity index (χ1n) is 13.0. The molecule has 2 aliphatic heterocycles. The molecule has 4 nitrogen and oxygen atoms in total. The molecule has 0 N–H and O–H groups in total. The van der Waals surface area contributed by atoms with Gasteiger partial charge >= 0.3 is 0 Å². The molecule has 0 bridgehead atoms. The molecule has 188 valence electrons. The van der Waals surface area contributed by atoms with Crippen molar-refractivity contribution in [3.8, 4) is 5.75 Å². The van der Waals surface area contributed by atoms with Crippen LogP contribution in [0.25, 0.3) is 5.57 Å². The van der Waals surface area contributed by atoms with Crippen LogP contribution in [-0.4, -0.2) is 60.3 Å². The highest BCUT2D eigenvalue weighted by Gasteiger charge is 2.30. The second kappa shape index (κ2) is 11.7. The summed E-state index contributed by atoms with van der Waals surface area (Å²) >= 11 is 1.92. The summed E-state index contributed by atoms with van der Waals surface area (Å²) in [5.74, 6) is 0.806. The van der Waals surface area contributed by atoms with Crippen molar-refractivity contribution in [3.05, 3.63) is 64.7 Å². The molecule has 2 heterocycles. The van der Waals surface area contributed by atoms with Gasteiger partial charge in [-0.25, -0.2) is 0 Å². The lowest BCUT2D eigenvalue weighted by Gasteiger charge is -2.41. The normalized spacial score (nSPS) is 17.7. The van der Waals surface area contributed by atoms with Crippen LogP contribution in [0.5, 0.6) is 5.75 Å². The third-order valence-electron chi connectivity index (χ3n) is 7.51. The molecule has 0 saturated carbocycles. The van der Waals surface area contributed by atoms with E-state index >= 15 is 0 Å². The molecule has 0 aliphatic carbocycles. The van der Waals surface area contributed by atoms with Gasteiger partial charge in [0.2, 0.25) is 0 Å². The van der Waals surface area contributed by atoms with Crippen LogP contribution >= 0.6 is 11.8 Å².